The summed E-state index contributed by atoms with van der Waals surface area (Å²) in [5.74, 6) is -2.62. The Hall–Kier alpha value is -4.35. The number of ketones is 1. The van der Waals surface area contributed by atoms with E-state index >= 15 is 0 Å². The number of methoxy groups -OCH3 is 1. The highest BCUT2D eigenvalue weighted by atomic mass is 19.4. The van der Waals surface area contributed by atoms with Crippen molar-refractivity contribution in [3.8, 4) is 17.0 Å². The highest BCUT2D eigenvalue weighted by Crippen LogP contribution is 2.32. The molecule has 4 rings (SSSR count). The Bertz CT molecular complexity index is 1330. The number of nitrogens with zero attached hydrogens (tertiary/aromatic N) is 3. The Kier molecular flexibility index (Phi) is 7.18. The number of pyridine rings is 2. The van der Waals surface area contributed by atoms with Gasteiger partial charge in [-0.05, 0) is 49.2 Å². The number of Topliss-reactive ketones (excluding diaryl/α,β-unsaturated/α-hetero) is 1. The lowest BCUT2D eigenvalue weighted by atomic mass is 10.0. The van der Waals surface area contributed by atoms with Crippen molar-refractivity contribution in [2.24, 2.45) is 0 Å². The van der Waals surface area contributed by atoms with Crippen LogP contribution in [0.1, 0.15) is 33.6 Å². The lowest BCUT2D eigenvalue weighted by Gasteiger charge is -2.35. The number of nitrogens with one attached hydrogen (secondary N) is 1. The number of anilines is 3. The Morgan fingerprint density at radius 1 is 1.11 bits per heavy atom. The molecule has 0 saturated carbocycles. The minimum absolute atomic E-state index is 0.0386. The number of carbonyl (C=O) groups excluding carboxylic acids is 1. The number of hydrogen-bond acceptors (Lipinski definition) is 8. The second kappa shape index (κ2) is 10.3. The molecular weight excluding hydrogens is 491 g/mol. The number of carbonyl (C=O) groups is 2. The fourth-order valence-electron chi connectivity index (χ4n) is 4.26. The van der Waals surface area contributed by atoms with Crippen LogP contribution < -0.4 is 20.7 Å². The van der Waals surface area contributed by atoms with Gasteiger partial charge in [0, 0.05) is 24.7 Å². The van der Waals surface area contributed by atoms with E-state index in [1.54, 1.807) is 19.2 Å². The van der Waals surface area contributed by atoms with Crippen LogP contribution in [0.5, 0.6) is 5.75 Å². The molecule has 0 aliphatic carbocycles. The van der Waals surface area contributed by atoms with E-state index in [1.807, 2.05) is 23.1 Å². The Balaban J connectivity index is 1.58. The number of hydrogen-bond donors (Lipinski definition) is 3. The predicted molar refractivity (Wildman–Crippen MR) is 131 cm³/mol. The van der Waals surface area contributed by atoms with Gasteiger partial charge < -0.3 is 25.8 Å². The van der Waals surface area contributed by atoms with Gasteiger partial charge in [0.1, 0.15) is 28.8 Å². The van der Waals surface area contributed by atoms with Crippen LogP contribution >= 0.6 is 0 Å². The number of carboxylic acid groups (broad SMARTS) is 1. The average molecular weight is 515 g/mol. The normalized spacial score (nSPS) is 15.8. The second-order valence-corrected chi connectivity index (χ2v) is 8.46. The maximum Gasteiger partial charge on any atom is 0.455 e. The lowest BCUT2D eigenvalue weighted by Crippen LogP contribution is -2.43. The number of ether oxygens (including phenoxy) is 1. The number of benzene rings is 1. The maximum atomic E-state index is 12.8. The molecular formula is C25H24F3N5O4. The van der Waals surface area contributed by atoms with E-state index in [4.69, 9.17) is 10.5 Å². The summed E-state index contributed by atoms with van der Waals surface area (Å²) in [6, 6.07) is 12.4. The van der Waals surface area contributed by atoms with Gasteiger partial charge in [-0.1, -0.05) is 12.1 Å². The first-order valence-corrected chi connectivity index (χ1v) is 11.4. The molecule has 37 heavy (non-hydrogen) atoms. The number of nitrogens with two attached hydrogens (primary N) is 1. The van der Waals surface area contributed by atoms with Gasteiger partial charge >= 0.3 is 12.1 Å². The number of halogens is 3. The first-order valence-electron chi connectivity index (χ1n) is 11.4. The van der Waals surface area contributed by atoms with Crippen molar-refractivity contribution in [1.82, 2.24) is 9.97 Å². The number of para-hydroxylation sites is 1. The molecule has 0 bridgehead atoms. The van der Waals surface area contributed by atoms with E-state index in [9.17, 15) is 27.9 Å². The van der Waals surface area contributed by atoms with Crippen LogP contribution in [0.15, 0.2) is 48.5 Å². The summed E-state index contributed by atoms with van der Waals surface area (Å²) in [6.07, 6.45) is -3.67. The summed E-state index contributed by atoms with van der Waals surface area (Å²) in [4.78, 5) is 33.9. The molecule has 1 aromatic carbocycles. The third kappa shape index (κ3) is 5.57. The minimum atomic E-state index is -5.05. The third-order valence-corrected chi connectivity index (χ3v) is 5.99. The molecule has 3 aromatic rings. The first-order chi connectivity index (χ1) is 17.6. The Labute approximate surface area is 210 Å². The lowest BCUT2D eigenvalue weighted by molar-refractivity contribution is -0.0884. The number of alkyl halides is 3. The molecule has 9 nitrogen and oxygen atoms in total. The van der Waals surface area contributed by atoms with Crippen molar-refractivity contribution in [2.75, 3.05) is 36.1 Å². The zero-order chi connectivity index (χ0) is 26.7. The molecule has 1 aliphatic rings. The van der Waals surface area contributed by atoms with E-state index in [0.717, 1.165) is 6.07 Å². The molecule has 0 spiro atoms. The summed E-state index contributed by atoms with van der Waals surface area (Å²) >= 11 is 0. The van der Waals surface area contributed by atoms with Gasteiger partial charge in [0.15, 0.2) is 0 Å². The zero-order valence-corrected chi connectivity index (χ0v) is 19.7. The van der Waals surface area contributed by atoms with Crippen molar-refractivity contribution in [3.05, 3.63) is 59.7 Å². The maximum absolute atomic E-state index is 12.8. The van der Waals surface area contributed by atoms with Crippen LogP contribution in [0.2, 0.25) is 0 Å². The number of piperidine rings is 1. The molecule has 1 saturated heterocycles. The Morgan fingerprint density at radius 2 is 1.84 bits per heavy atom. The number of nitrogen functional groups attached to an aromatic ring is 1. The van der Waals surface area contributed by atoms with Crippen molar-refractivity contribution >= 4 is 29.2 Å². The van der Waals surface area contributed by atoms with Crippen LogP contribution in [0.25, 0.3) is 11.3 Å². The van der Waals surface area contributed by atoms with Gasteiger partial charge in [0.25, 0.3) is 5.78 Å². The molecule has 2 aromatic heterocycles. The SMILES string of the molecule is COc1ccccc1-c1ccc(C(=O)O)c(N2CCCC(Nc3ccc(C(=O)C(F)(F)F)c(N)n3)C2)n1. The van der Waals surface area contributed by atoms with Gasteiger partial charge in [-0.2, -0.15) is 13.2 Å². The number of aromatic nitrogens is 2. The monoisotopic (exact) mass is 515 g/mol. The largest absolute Gasteiger partial charge is 0.496 e. The summed E-state index contributed by atoms with van der Waals surface area (Å²) in [7, 11) is 1.54. The van der Waals surface area contributed by atoms with Crippen molar-refractivity contribution < 1.29 is 32.6 Å². The topological polar surface area (TPSA) is 131 Å². The van der Waals surface area contributed by atoms with Crippen LogP contribution in [-0.2, 0) is 0 Å². The third-order valence-electron chi connectivity index (χ3n) is 5.99. The molecule has 1 aliphatic heterocycles. The minimum Gasteiger partial charge on any atom is -0.496 e. The van der Waals surface area contributed by atoms with E-state index in [2.05, 4.69) is 15.3 Å². The van der Waals surface area contributed by atoms with E-state index < -0.39 is 29.3 Å². The predicted octanol–water partition coefficient (Wildman–Crippen LogP) is 4.26. The molecule has 4 N–H and O–H groups in total. The highest BCUT2D eigenvalue weighted by Gasteiger charge is 2.40. The van der Waals surface area contributed by atoms with Crippen molar-refractivity contribution in [2.45, 2.75) is 25.1 Å². The van der Waals surface area contributed by atoms with E-state index in [0.29, 0.717) is 48.8 Å². The summed E-state index contributed by atoms with van der Waals surface area (Å²) < 4.78 is 43.7. The molecule has 12 heteroatoms. The summed E-state index contributed by atoms with van der Waals surface area (Å²) in [6.45, 7) is 0.906. The Morgan fingerprint density at radius 3 is 2.51 bits per heavy atom. The number of rotatable bonds is 7. The summed E-state index contributed by atoms with van der Waals surface area (Å²) in [5, 5.41) is 12.9. The van der Waals surface area contributed by atoms with E-state index in [1.165, 1.54) is 12.1 Å². The molecule has 1 unspecified atom stereocenters. The molecule has 0 radical (unpaired) electrons. The fraction of sp³-hybridized carbons (Fsp3) is 0.280. The van der Waals surface area contributed by atoms with Crippen LogP contribution in [0.4, 0.5) is 30.6 Å². The van der Waals surface area contributed by atoms with Gasteiger partial charge in [0.05, 0.1) is 18.4 Å². The molecule has 1 fully saturated rings. The van der Waals surface area contributed by atoms with Gasteiger partial charge in [-0.15, -0.1) is 0 Å². The number of aromatic carboxylic acids is 1. The first kappa shape index (κ1) is 25.7. The molecule has 1 atom stereocenters. The van der Waals surface area contributed by atoms with Crippen LogP contribution in [-0.4, -0.2) is 59.2 Å². The van der Waals surface area contributed by atoms with Crippen LogP contribution in [0.3, 0.4) is 0 Å². The van der Waals surface area contributed by atoms with Crippen molar-refractivity contribution in [3.63, 3.8) is 0 Å². The highest BCUT2D eigenvalue weighted by molar-refractivity contribution is 6.03. The molecule has 0 amide bonds. The van der Waals surface area contributed by atoms with Gasteiger partial charge in [-0.25, -0.2) is 14.8 Å². The quantitative estimate of drug-likeness (QED) is 0.395. The molecule has 3 heterocycles. The van der Waals surface area contributed by atoms with E-state index in [-0.39, 0.29) is 17.4 Å². The zero-order valence-electron chi connectivity index (χ0n) is 19.7. The number of carboxylic acids is 1. The fourth-order valence-corrected chi connectivity index (χ4v) is 4.26. The van der Waals surface area contributed by atoms with Gasteiger partial charge in [0.2, 0.25) is 0 Å². The van der Waals surface area contributed by atoms with Crippen molar-refractivity contribution in [1.29, 1.82) is 0 Å². The van der Waals surface area contributed by atoms with Crippen LogP contribution in [0, 0.1) is 0 Å². The smallest absolute Gasteiger partial charge is 0.455 e. The summed E-state index contributed by atoms with van der Waals surface area (Å²) in [5.41, 5.74) is 6.21. The van der Waals surface area contributed by atoms with Gasteiger partial charge in [-0.3, -0.25) is 4.79 Å². The molecule has 194 valence electrons. The second-order valence-electron chi connectivity index (χ2n) is 8.46. The average Bonchev–Trinajstić information content (AvgIpc) is 2.87. The standard InChI is InChI=1S/C25H24F3N5O4/c1-37-19-7-3-2-6-15(19)18-10-8-17(24(35)36)23(31-18)33-12-4-5-14(13-33)30-20-11-9-16(22(29)32-20)21(34)25(26,27)28/h2-3,6-11,14H,4-5,12-13H2,1H3,(H,35,36)(H3,29,30,32).